The summed E-state index contributed by atoms with van der Waals surface area (Å²) in [5.41, 5.74) is 7.14. The summed E-state index contributed by atoms with van der Waals surface area (Å²) in [6, 6.07) is 14.7. The van der Waals surface area contributed by atoms with Gasteiger partial charge in [0.1, 0.15) is 12.6 Å². The van der Waals surface area contributed by atoms with E-state index in [0.29, 0.717) is 36.1 Å². The van der Waals surface area contributed by atoms with Crippen LogP contribution < -0.4 is 25.6 Å². The number of ether oxygens (including phenoxy) is 2. The van der Waals surface area contributed by atoms with E-state index in [2.05, 4.69) is 16.2 Å². The molecule has 7 heteroatoms. The second-order valence-corrected chi connectivity index (χ2v) is 6.35. The Morgan fingerprint density at radius 2 is 1.88 bits per heavy atom. The summed E-state index contributed by atoms with van der Waals surface area (Å²) >= 11 is 6.22. The van der Waals surface area contributed by atoms with Crippen LogP contribution in [0.2, 0.25) is 5.02 Å². The molecule has 0 saturated carbocycles. The molecule has 0 aliphatic carbocycles. The zero-order chi connectivity index (χ0) is 18.4. The van der Waals surface area contributed by atoms with Crippen LogP contribution in [0.15, 0.2) is 48.5 Å². The van der Waals surface area contributed by atoms with Gasteiger partial charge in [-0.2, -0.15) is 0 Å². The maximum absolute atomic E-state index is 12.3. The third kappa shape index (κ3) is 4.46. The Bertz CT molecular complexity index is 756. The first-order valence-corrected chi connectivity index (χ1v) is 8.86. The fraction of sp³-hybridized carbons (Fsp3) is 0.316. The molecule has 3 N–H and O–H groups in total. The lowest BCUT2D eigenvalue weighted by atomic mass is 10.0. The first-order valence-electron chi connectivity index (χ1n) is 8.48. The third-order valence-electron chi connectivity index (χ3n) is 4.23. The first kappa shape index (κ1) is 18.5. The van der Waals surface area contributed by atoms with Gasteiger partial charge in [-0.1, -0.05) is 41.9 Å². The van der Waals surface area contributed by atoms with Crippen molar-refractivity contribution in [3.05, 3.63) is 59.1 Å². The molecule has 1 aliphatic rings. The maximum Gasteiger partial charge on any atom is 0.238 e. The highest BCUT2D eigenvalue weighted by atomic mass is 35.5. The number of methoxy groups -OCH3 is 1. The second kappa shape index (κ2) is 8.89. The predicted molar refractivity (Wildman–Crippen MR) is 100 cm³/mol. The number of hydrogen-bond acceptors (Lipinski definition) is 5. The van der Waals surface area contributed by atoms with E-state index >= 15 is 0 Å². The van der Waals surface area contributed by atoms with Crippen LogP contribution in [0.25, 0.3) is 0 Å². The minimum absolute atomic E-state index is 0.00396. The van der Waals surface area contributed by atoms with Gasteiger partial charge in [0.25, 0.3) is 0 Å². The summed E-state index contributed by atoms with van der Waals surface area (Å²) < 4.78 is 10.9. The number of halogens is 1. The molecule has 1 amide bonds. The number of para-hydroxylation sites is 2. The number of carbonyl (C=O) groups is 1. The van der Waals surface area contributed by atoms with E-state index in [1.807, 2.05) is 48.5 Å². The molecule has 0 radical (unpaired) electrons. The lowest BCUT2D eigenvalue weighted by Gasteiger charge is -2.13. The highest BCUT2D eigenvalue weighted by molar-refractivity contribution is 6.31. The van der Waals surface area contributed by atoms with Gasteiger partial charge in [-0.05, 0) is 30.2 Å². The number of benzene rings is 2. The van der Waals surface area contributed by atoms with Crippen LogP contribution in [-0.2, 0) is 4.79 Å². The van der Waals surface area contributed by atoms with E-state index in [0.717, 1.165) is 5.56 Å². The molecule has 1 aliphatic heterocycles. The predicted octanol–water partition coefficient (Wildman–Crippen LogP) is 2.45. The number of carbonyl (C=O) groups excluding carboxylic acids is 1. The van der Waals surface area contributed by atoms with Gasteiger partial charge in [-0.3, -0.25) is 4.79 Å². The molecular formula is C19H22ClN3O3. The fourth-order valence-corrected chi connectivity index (χ4v) is 3.15. The molecule has 3 rings (SSSR count). The summed E-state index contributed by atoms with van der Waals surface area (Å²) in [4.78, 5) is 12.3. The van der Waals surface area contributed by atoms with Gasteiger partial charge in [0, 0.05) is 11.1 Å². The van der Waals surface area contributed by atoms with E-state index in [1.54, 1.807) is 7.11 Å². The molecule has 0 bridgehead atoms. The molecule has 0 spiro atoms. The van der Waals surface area contributed by atoms with E-state index in [4.69, 9.17) is 21.1 Å². The number of nitrogens with one attached hydrogen (secondary N) is 3. The van der Waals surface area contributed by atoms with Crippen LogP contribution >= 0.6 is 11.6 Å². The summed E-state index contributed by atoms with van der Waals surface area (Å²) in [6.07, 6.45) is 0.628. The van der Waals surface area contributed by atoms with Gasteiger partial charge >= 0.3 is 0 Å². The highest BCUT2D eigenvalue weighted by Gasteiger charge is 2.30. The Kier molecular flexibility index (Phi) is 6.33. The largest absolute Gasteiger partial charge is 0.493 e. The SMILES string of the molecule is COc1ccccc1OCCNC(=O)C1CC(c2ccccc2Cl)NN1. The van der Waals surface area contributed by atoms with Crippen molar-refractivity contribution in [2.24, 2.45) is 0 Å². The normalized spacial score (nSPS) is 19.2. The number of hydrazine groups is 1. The minimum Gasteiger partial charge on any atom is -0.493 e. The third-order valence-corrected chi connectivity index (χ3v) is 4.57. The number of hydrogen-bond donors (Lipinski definition) is 3. The van der Waals surface area contributed by atoms with Crippen molar-refractivity contribution in [1.29, 1.82) is 0 Å². The van der Waals surface area contributed by atoms with Crippen molar-refractivity contribution in [3.63, 3.8) is 0 Å². The average Bonchev–Trinajstić information content (AvgIpc) is 3.16. The zero-order valence-corrected chi connectivity index (χ0v) is 15.3. The number of rotatable bonds is 7. The van der Waals surface area contributed by atoms with Gasteiger partial charge in [0.05, 0.1) is 13.7 Å². The first-order chi connectivity index (χ1) is 12.7. The number of amides is 1. The molecule has 0 aromatic heterocycles. The van der Waals surface area contributed by atoms with Crippen LogP contribution in [-0.4, -0.2) is 32.2 Å². The van der Waals surface area contributed by atoms with Gasteiger partial charge in [-0.15, -0.1) is 0 Å². The van der Waals surface area contributed by atoms with Crippen molar-refractivity contribution in [2.45, 2.75) is 18.5 Å². The molecule has 2 unspecified atom stereocenters. The Hall–Kier alpha value is -2.28. The average molecular weight is 376 g/mol. The van der Waals surface area contributed by atoms with Crippen molar-refractivity contribution >= 4 is 17.5 Å². The summed E-state index contributed by atoms with van der Waals surface area (Å²) in [6.45, 7) is 0.770. The van der Waals surface area contributed by atoms with Crippen molar-refractivity contribution < 1.29 is 14.3 Å². The van der Waals surface area contributed by atoms with Crippen molar-refractivity contribution in [2.75, 3.05) is 20.3 Å². The molecule has 1 fully saturated rings. The van der Waals surface area contributed by atoms with Crippen LogP contribution in [0.5, 0.6) is 11.5 Å². The van der Waals surface area contributed by atoms with Crippen LogP contribution in [0.3, 0.4) is 0 Å². The van der Waals surface area contributed by atoms with Crippen LogP contribution in [0, 0.1) is 0 Å². The Labute approximate surface area is 157 Å². The Morgan fingerprint density at radius 1 is 1.15 bits per heavy atom. The quantitative estimate of drug-likeness (QED) is 0.648. The van der Waals surface area contributed by atoms with Crippen molar-refractivity contribution in [3.8, 4) is 11.5 Å². The minimum atomic E-state index is -0.317. The molecule has 2 aromatic rings. The van der Waals surface area contributed by atoms with Gasteiger partial charge in [-0.25, -0.2) is 10.9 Å². The topological polar surface area (TPSA) is 71.6 Å². The molecule has 2 aromatic carbocycles. The molecule has 138 valence electrons. The van der Waals surface area contributed by atoms with Crippen LogP contribution in [0.1, 0.15) is 18.0 Å². The van der Waals surface area contributed by atoms with E-state index in [9.17, 15) is 4.79 Å². The Morgan fingerprint density at radius 3 is 2.65 bits per heavy atom. The summed E-state index contributed by atoms with van der Waals surface area (Å²) in [5, 5.41) is 3.57. The molecule has 26 heavy (non-hydrogen) atoms. The molecular weight excluding hydrogens is 354 g/mol. The molecule has 1 saturated heterocycles. The van der Waals surface area contributed by atoms with E-state index < -0.39 is 0 Å². The van der Waals surface area contributed by atoms with E-state index in [1.165, 1.54) is 0 Å². The second-order valence-electron chi connectivity index (χ2n) is 5.94. The Balaban J connectivity index is 1.44. The van der Waals surface area contributed by atoms with E-state index in [-0.39, 0.29) is 18.0 Å². The molecule has 6 nitrogen and oxygen atoms in total. The fourth-order valence-electron chi connectivity index (χ4n) is 2.89. The molecule has 2 atom stereocenters. The van der Waals surface area contributed by atoms with Gasteiger partial charge in [0.15, 0.2) is 11.5 Å². The van der Waals surface area contributed by atoms with Crippen molar-refractivity contribution in [1.82, 2.24) is 16.2 Å². The zero-order valence-electron chi connectivity index (χ0n) is 14.5. The van der Waals surface area contributed by atoms with Gasteiger partial charge < -0.3 is 14.8 Å². The van der Waals surface area contributed by atoms with Gasteiger partial charge in [0.2, 0.25) is 5.91 Å². The lowest BCUT2D eigenvalue weighted by Crippen LogP contribution is -2.44. The maximum atomic E-state index is 12.3. The smallest absolute Gasteiger partial charge is 0.238 e. The lowest BCUT2D eigenvalue weighted by molar-refractivity contribution is -0.123. The standard InChI is InChI=1S/C19H22ClN3O3/c1-25-17-8-4-5-9-18(17)26-11-10-21-19(24)16-12-15(22-23-16)13-6-2-3-7-14(13)20/h2-9,15-16,22-23H,10-12H2,1H3,(H,21,24). The van der Waals surface area contributed by atoms with Crippen LogP contribution in [0.4, 0.5) is 0 Å². The molecule has 1 heterocycles. The summed E-state index contributed by atoms with van der Waals surface area (Å²) in [5.74, 6) is 1.25. The highest BCUT2D eigenvalue weighted by Crippen LogP contribution is 2.28. The monoisotopic (exact) mass is 375 g/mol. The summed E-state index contributed by atoms with van der Waals surface area (Å²) in [7, 11) is 1.60.